The van der Waals surface area contributed by atoms with Crippen molar-refractivity contribution in [1.29, 1.82) is 0 Å². The highest BCUT2D eigenvalue weighted by molar-refractivity contribution is 7.89. The van der Waals surface area contributed by atoms with Crippen LogP contribution in [0.3, 0.4) is 0 Å². The van der Waals surface area contributed by atoms with Gasteiger partial charge in [0.1, 0.15) is 0 Å². The van der Waals surface area contributed by atoms with Gasteiger partial charge in [0, 0.05) is 58.8 Å². The van der Waals surface area contributed by atoms with E-state index in [9.17, 15) is 18.0 Å². The Balaban J connectivity index is 1.21. The van der Waals surface area contributed by atoms with E-state index < -0.39 is 10.0 Å². The molecule has 0 atom stereocenters. The molecule has 33 heavy (non-hydrogen) atoms. The molecule has 3 saturated heterocycles. The average Bonchev–Trinajstić information content (AvgIpc) is 3.39. The standard InChI is InChI=1S/C24H36N4O4S/c29-23(27-18-16-25(17-19-27)20-24(30)26-12-4-5-13-26)11-8-21-6-9-22(10-7-21)33(31,32)28-14-2-1-3-15-28/h6-7,9-10H,1-5,8,11-20H2. The van der Waals surface area contributed by atoms with Gasteiger partial charge in [0.15, 0.2) is 0 Å². The van der Waals surface area contributed by atoms with Crippen molar-refractivity contribution in [3.63, 3.8) is 0 Å². The summed E-state index contributed by atoms with van der Waals surface area (Å²) in [5.74, 6) is 0.323. The van der Waals surface area contributed by atoms with Gasteiger partial charge in [-0.2, -0.15) is 4.31 Å². The highest BCUT2D eigenvalue weighted by Crippen LogP contribution is 2.21. The van der Waals surface area contributed by atoms with Crippen LogP contribution in [0.25, 0.3) is 0 Å². The summed E-state index contributed by atoms with van der Waals surface area (Å²) >= 11 is 0. The number of sulfonamides is 1. The van der Waals surface area contributed by atoms with Gasteiger partial charge in [0.25, 0.3) is 0 Å². The van der Waals surface area contributed by atoms with Gasteiger partial charge in [-0.1, -0.05) is 18.6 Å². The van der Waals surface area contributed by atoms with E-state index in [0.717, 1.165) is 63.8 Å². The molecule has 1 aromatic rings. The Morgan fingerprint density at radius 1 is 0.697 bits per heavy atom. The molecule has 0 N–H and O–H groups in total. The topological polar surface area (TPSA) is 81.2 Å². The molecule has 4 rings (SSSR count). The number of aryl methyl sites for hydroxylation is 1. The Morgan fingerprint density at radius 3 is 1.91 bits per heavy atom. The molecule has 182 valence electrons. The summed E-state index contributed by atoms with van der Waals surface area (Å²) in [4.78, 5) is 31.3. The lowest BCUT2D eigenvalue weighted by atomic mass is 10.1. The van der Waals surface area contributed by atoms with E-state index in [-0.39, 0.29) is 11.8 Å². The highest BCUT2D eigenvalue weighted by atomic mass is 32.2. The summed E-state index contributed by atoms with van der Waals surface area (Å²) in [6.07, 6.45) is 6.13. The molecular weight excluding hydrogens is 440 g/mol. The smallest absolute Gasteiger partial charge is 0.243 e. The fraction of sp³-hybridized carbons (Fsp3) is 0.667. The van der Waals surface area contributed by atoms with Crippen molar-refractivity contribution in [2.24, 2.45) is 0 Å². The van der Waals surface area contributed by atoms with Gasteiger partial charge >= 0.3 is 0 Å². The van der Waals surface area contributed by atoms with Crippen LogP contribution in [0.1, 0.15) is 44.1 Å². The molecule has 0 spiro atoms. The maximum atomic E-state index is 12.8. The number of hydrogen-bond acceptors (Lipinski definition) is 5. The van der Waals surface area contributed by atoms with Crippen molar-refractivity contribution >= 4 is 21.8 Å². The van der Waals surface area contributed by atoms with Crippen LogP contribution in [-0.4, -0.2) is 98.1 Å². The van der Waals surface area contributed by atoms with E-state index in [1.807, 2.05) is 21.9 Å². The van der Waals surface area contributed by atoms with Crippen molar-refractivity contribution in [1.82, 2.24) is 19.0 Å². The molecule has 0 bridgehead atoms. The second-order valence-electron chi connectivity index (χ2n) is 9.35. The SMILES string of the molecule is O=C(CCc1ccc(S(=O)(=O)N2CCCCC2)cc1)N1CCN(CC(=O)N2CCCC2)CC1. The normalized spacial score (nSPS) is 20.8. The van der Waals surface area contributed by atoms with E-state index >= 15 is 0 Å². The Kier molecular flexibility index (Phi) is 8.03. The number of piperidine rings is 1. The van der Waals surface area contributed by atoms with Crippen LogP contribution in [0, 0.1) is 0 Å². The van der Waals surface area contributed by atoms with E-state index in [0.29, 0.717) is 50.5 Å². The third kappa shape index (κ3) is 6.13. The second-order valence-corrected chi connectivity index (χ2v) is 11.3. The molecule has 8 nitrogen and oxygen atoms in total. The molecule has 3 heterocycles. The van der Waals surface area contributed by atoms with Crippen LogP contribution in [-0.2, 0) is 26.0 Å². The van der Waals surface area contributed by atoms with Crippen molar-refractivity contribution in [2.45, 2.75) is 49.8 Å². The number of hydrogen-bond donors (Lipinski definition) is 0. The Labute approximate surface area is 197 Å². The molecule has 0 aromatic heterocycles. The molecule has 9 heteroatoms. The molecule has 3 fully saturated rings. The summed E-state index contributed by atoms with van der Waals surface area (Å²) in [6, 6.07) is 6.98. The van der Waals surface area contributed by atoms with Crippen molar-refractivity contribution in [3.8, 4) is 0 Å². The maximum Gasteiger partial charge on any atom is 0.243 e. The summed E-state index contributed by atoms with van der Waals surface area (Å²) in [6.45, 7) is 6.16. The largest absolute Gasteiger partial charge is 0.342 e. The predicted octanol–water partition coefficient (Wildman–Crippen LogP) is 1.56. The fourth-order valence-corrected chi connectivity index (χ4v) is 6.42. The van der Waals surface area contributed by atoms with Gasteiger partial charge in [0.2, 0.25) is 21.8 Å². The van der Waals surface area contributed by atoms with E-state index in [2.05, 4.69) is 4.90 Å². The second kappa shape index (κ2) is 11.0. The minimum Gasteiger partial charge on any atom is -0.342 e. The van der Waals surface area contributed by atoms with Crippen LogP contribution in [0.4, 0.5) is 0 Å². The first-order chi connectivity index (χ1) is 15.9. The third-order valence-corrected chi connectivity index (χ3v) is 8.96. The first-order valence-electron chi connectivity index (χ1n) is 12.3. The van der Waals surface area contributed by atoms with Gasteiger partial charge in [-0.05, 0) is 49.8 Å². The van der Waals surface area contributed by atoms with Gasteiger partial charge < -0.3 is 9.80 Å². The zero-order valence-electron chi connectivity index (χ0n) is 19.5. The number of nitrogens with zero attached hydrogens (tertiary/aromatic N) is 4. The Bertz CT molecular complexity index is 914. The number of carbonyl (C=O) groups is 2. The maximum absolute atomic E-state index is 12.8. The van der Waals surface area contributed by atoms with Gasteiger partial charge in [-0.3, -0.25) is 14.5 Å². The first-order valence-corrected chi connectivity index (χ1v) is 13.7. The lowest BCUT2D eigenvalue weighted by molar-refractivity contribution is -0.134. The monoisotopic (exact) mass is 476 g/mol. The Morgan fingerprint density at radius 2 is 1.27 bits per heavy atom. The van der Waals surface area contributed by atoms with Gasteiger partial charge in [0.05, 0.1) is 11.4 Å². The molecule has 2 amide bonds. The number of carbonyl (C=O) groups excluding carboxylic acids is 2. The molecule has 3 aliphatic heterocycles. The van der Waals surface area contributed by atoms with E-state index in [1.165, 1.54) is 0 Å². The number of rotatable bonds is 7. The Hall–Kier alpha value is -1.97. The van der Waals surface area contributed by atoms with Crippen LogP contribution >= 0.6 is 0 Å². The molecular formula is C24H36N4O4S. The molecule has 0 radical (unpaired) electrons. The summed E-state index contributed by atoms with van der Waals surface area (Å²) in [5, 5.41) is 0. The van der Waals surface area contributed by atoms with E-state index in [4.69, 9.17) is 0 Å². The zero-order chi connectivity index (χ0) is 23.3. The lowest BCUT2D eigenvalue weighted by Gasteiger charge is -2.35. The molecule has 3 aliphatic rings. The predicted molar refractivity (Wildman–Crippen MR) is 126 cm³/mol. The molecule has 0 unspecified atom stereocenters. The van der Waals surface area contributed by atoms with Crippen molar-refractivity contribution in [2.75, 3.05) is 58.9 Å². The summed E-state index contributed by atoms with van der Waals surface area (Å²) in [7, 11) is -3.42. The molecule has 1 aromatic carbocycles. The summed E-state index contributed by atoms with van der Waals surface area (Å²) < 4.78 is 27.1. The lowest BCUT2D eigenvalue weighted by Crippen LogP contribution is -2.51. The number of amides is 2. The van der Waals surface area contributed by atoms with E-state index in [1.54, 1.807) is 16.4 Å². The first kappa shape index (κ1) is 24.2. The third-order valence-electron chi connectivity index (χ3n) is 7.05. The molecule has 0 aliphatic carbocycles. The minimum absolute atomic E-state index is 0.116. The quantitative estimate of drug-likeness (QED) is 0.597. The number of likely N-dealkylation sites (tertiary alicyclic amines) is 1. The van der Waals surface area contributed by atoms with Gasteiger partial charge in [-0.25, -0.2) is 8.42 Å². The minimum atomic E-state index is -3.42. The number of benzene rings is 1. The summed E-state index contributed by atoms with van der Waals surface area (Å²) in [5.41, 5.74) is 0.968. The van der Waals surface area contributed by atoms with Crippen LogP contribution in [0.2, 0.25) is 0 Å². The fourth-order valence-electron chi connectivity index (χ4n) is 4.91. The highest BCUT2D eigenvalue weighted by Gasteiger charge is 2.27. The van der Waals surface area contributed by atoms with Crippen LogP contribution in [0.15, 0.2) is 29.2 Å². The van der Waals surface area contributed by atoms with Crippen LogP contribution in [0.5, 0.6) is 0 Å². The van der Waals surface area contributed by atoms with Crippen molar-refractivity contribution < 1.29 is 18.0 Å². The number of piperazine rings is 1. The average molecular weight is 477 g/mol. The van der Waals surface area contributed by atoms with Crippen molar-refractivity contribution in [3.05, 3.63) is 29.8 Å². The molecule has 0 saturated carbocycles. The zero-order valence-corrected chi connectivity index (χ0v) is 20.3. The van der Waals surface area contributed by atoms with Gasteiger partial charge in [-0.15, -0.1) is 0 Å². The van der Waals surface area contributed by atoms with Crippen LogP contribution < -0.4 is 0 Å².